The maximum absolute atomic E-state index is 14.0. The van der Waals surface area contributed by atoms with Crippen LogP contribution in [0.25, 0.3) is 11.0 Å². The average molecular weight is 382 g/mol. The van der Waals surface area contributed by atoms with Crippen LogP contribution in [0.2, 0.25) is 0 Å². The van der Waals surface area contributed by atoms with E-state index in [1.54, 1.807) is 35.2 Å². The van der Waals surface area contributed by atoms with Gasteiger partial charge in [-0.15, -0.1) is 0 Å². The van der Waals surface area contributed by atoms with Crippen LogP contribution in [0.15, 0.2) is 52.9 Å². The lowest BCUT2D eigenvalue weighted by atomic mass is 10.1. The van der Waals surface area contributed by atoms with Crippen LogP contribution in [0.4, 0.5) is 10.1 Å². The Morgan fingerprint density at radius 1 is 1.00 bits per heavy atom. The molecule has 0 atom stereocenters. The summed E-state index contributed by atoms with van der Waals surface area (Å²) < 4.78 is 19.8. The molecule has 1 N–H and O–H groups in total. The van der Waals surface area contributed by atoms with Crippen LogP contribution in [-0.2, 0) is 0 Å². The molecule has 0 aliphatic carbocycles. The Morgan fingerprint density at radius 3 is 2.32 bits per heavy atom. The van der Waals surface area contributed by atoms with Gasteiger partial charge in [0.15, 0.2) is 0 Å². The lowest BCUT2D eigenvalue weighted by Gasteiger charge is -2.20. The second-order valence-electron chi connectivity index (χ2n) is 6.53. The number of carbonyl (C=O) groups is 2. The van der Waals surface area contributed by atoms with Crippen molar-refractivity contribution < 1.29 is 18.4 Å². The summed E-state index contributed by atoms with van der Waals surface area (Å²) in [6.45, 7) is 5.17. The fourth-order valence-corrected chi connectivity index (χ4v) is 3.14. The predicted molar refractivity (Wildman–Crippen MR) is 107 cm³/mol. The molecule has 146 valence electrons. The summed E-state index contributed by atoms with van der Waals surface area (Å²) in [6, 6.07) is 12.8. The highest BCUT2D eigenvalue weighted by atomic mass is 19.1. The van der Waals surface area contributed by atoms with Gasteiger partial charge < -0.3 is 14.6 Å². The molecule has 3 aromatic rings. The minimum Gasteiger partial charge on any atom is -0.449 e. The van der Waals surface area contributed by atoms with Gasteiger partial charge in [-0.3, -0.25) is 9.59 Å². The molecular formula is C22H23FN2O3. The fraction of sp³-hybridized carbons (Fsp3) is 0.273. The van der Waals surface area contributed by atoms with Crippen LogP contribution >= 0.6 is 0 Å². The van der Waals surface area contributed by atoms with E-state index in [4.69, 9.17) is 4.42 Å². The van der Waals surface area contributed by atoms with Crippen LogP contribution in [0.1, 0.15) is 47.6 Å². The van der Waals surface area contributed by atoms with Crippen LogP contribution in [0.3, 0.4) is 0 Å². The second-order valence-corrected chi connectivity index (χ2v) is 6.53. The molecule has 0 aliphatic rings. The Hall–Kier alpha value is -3.15. The van der Waals surface area contributed by atoms with Crippen molar-refractivity contribution in [2.45, 2.75) is 26.7 Å². The monoisotopic (exact) mass is 382 g/mol. The number of anilines is 1. The second kappa shape index (κ2) is 8.69. The van der Waals surface area contributed by atoms with Crippen molar-refractivity contribution >= 4 is 28.5 Å². The van der Waals surface area contributed by atoms with E-state index < -0.39 is 11.7 Å². The Morgan fingerprint density at radius 2 is 1.64 bits per heavy atom. The van der Waals surface area contributed by atoms with Gasteiger partial charge in [0.25, 0.3) is 11.8 Å². The first-order valence-corrected chi connectivity index (χ1v) is 9.43. The van der Waals surface area contributed by atoms with Crippen molar-refractivity contribution in [2.75, 3.05) is 18.4 Å². The molecule has 2 amide bonds. The number of nitrogens with zero attached hydrogens (tertiary/aromatic N) is 1. The van der Waals surface area contributed by atoms with E-state index in [9.17, 15) is 14.0 Å². The molecule has 3 rings (SSSR count). The minimum absolute atomic E-state index is 0.0628. The Labute approximate surface area is 163 Å². The van der Waals surface area contributed by atoms with Gasteiger partial charge in [-0.25, -0.2) is 4.39 Å². The van der Waals surface area contributed by atoms with Gasteiger partial charge in [0.05, 0.1) is 5.56 Å². The SMILES string of the molecule is CCCN(CCC)C(=O)c1oc2ccccc2c1NC(=O)c1ccccc1F. The quantitative estimate of drug-likeness (QED) is 0.619. The molecule has 5 nitrogen and oxygen atoms in total. The summed E-state index contributed by atoms with van der Waals surface area (Å²) in [7, 11) is 0. The first kappa shape index (κ1) is 19.6. The van der Waals surface area contributed by atoms with Crippen molar-refractivity contribution in [1.82, 2.24) is 4.90 Å². The predicted octanol–water partition coefficient (Wildman–Crippen LogP) is 5.09. The number of halogens is 1. The number of nitrogens with one attached hydrogen (secondary N) is 1. The molecule has 0 saturated heterocycles. The molecule has 0 radical (unpaired) electrons. The summed E-state index contributed by atoms with van der Waals surface area (Å²) in [6.07, 6.45) is 1.62. The summed E-state index contributed by atoms with van der Waals surface area (Å²) in [5.74, 6) is -1.48. The minimum atomic E-state index is -0.628. The highest BCUT2D eigenvalue weighted by Crippen LogP contribution is 2.32. The molecule has 0 unspecified atom stereocenters. The van der Waals surface area contributed by atoms with Crippen molar-refractivity contribution in [1.29, 1.82) is 0 Å². The fourth-order valence-electron chi connectivity index (χ4n) is 3.14. The molecule has 0 bridgehead atoms. The molecule has 0 fully saturated rings. The number of amides is 2. The largest absolute Gasteiger partial charge is 0.449 e. The Kier molecular flexibility index (Phi) is 6.09. The Bertz CT molecular complexity index is 990. The van der Waals surface area contributed by atoms with Crippen LogP contribution in [0, 0.1) is 5.82 Å². The van der Waals surface area contributed by atoms with E-state index in [-0.39, 0.29) is 22.9 Å². The van der Waals surface area contributed by atoms with Gasteiger partial charge >= 0.3 is 0 Å². The van der Waals surface area contributed by atoms with E-state index in [1.807, 2.05) is 13.8 Å². The molecule has 0 saturated carbocycles. The van der Waals surface area contributed by atoms with E-state index in [2.05, 4.69) is 5.32 Å². The van der Waals surface area contributed by atoms with E-state index in [0.29, 0.717) is 24.1 Å². The van der Waals surface area contributed by atoms with Gasteiger partial charge in [-0.05, 0) is 37.1 Å². The highest BCUT2D eigenvalue weighted by molar-refractivity contribution is 6.14. The Balaban J connectivity index is 2.03. The number of fused-ring (bicyclic) bond motifs is 1. The third-order valence-electron chi connectivity index (χ3n) is 4.42. The van der Waals surface area contributed by atoms with Crippen molar-refractivity contribution in [3.63, 3.8) is 0 Å². The third kappa shape index (κ3) is 3.91. The van der Waals surface area contributed by atoms with E-state index >= 15 is 0 Å². The van der Waals surface area contributed by atoms with Crippen LogP contribution in [-0.4, -0.2) is 29.8 Å². The maximum Gasteiger partial charge on any atom is 0.291 e. The van der Waals surface area contributed by atoms with Crippen LogP contribution < -0.4 is 5.32 Å². The first-order valence-electron chi connectivity index (χ1n) is 9.43. The summed E-state index contributed by atoms with van der Waals surface area (Å²) in [5, 5.41) is 3.29. The number of rotatable bonds is 7. The van der Waals surface area contributed by atoms with Crippen molar-refractivity contribution in [2.24, 2.45) is 0 Å². The smallest absolute Gasteiger partial charge is 0.291 e. The molecule has 0 aliphatic heterocycles. The average Bonchev–Trinajstić information content (AvgIpc) is 3.06. The molecule has 0 spiro atoms. The number of benzene rings is 2. The third-order valence-corrected chi connectivity index (χ3v) is 4.42. The van der Waals surface area contributed by atoms with Crippen molar-refractivity contribution in [3.8, 4) is 0 Å². The highest BCUT2D eigenvalue weighted by Gasteiger charge is 2.26. The lowest BCUT2D eigenvalue weighted by Crippen LogP contribution is -2.33. The summed E-state index contributed by atoms with van der Waals surface area (Å²) in [5.41, 5.74) is 0.666. The molecule has 6 heteroatoms. The van der Waals surface area contributed by atoms with E-state index in [0.717, 1.165) is 12.8 Å². The van der Waals surface area contributed by atoms with Gasteiger partial charge in [-0.1, -0.05) is 38.1 Å². The van der Waals surface area contributed by atoms with Gasteiger partial charge in [0.2, 0.25) is 5.76 Å². The maximum atomic E-state index is 14.0. The van der Waals surface area contributed by atoms with Gasteiger partial charge in [0.1, 0.15) is 17.1 Å². The molecule has 1 aromatic heterocycles. The topological polar surface area (TPSA) is 62.6 Å². The zero-order valence-corrected chi connectivity index (χ0v) is 16.0. The normalized spacial score (nSPS) is 10.8. The molecule has 2 aromatic carbocycles. The lowest BCUT2D eigenvalue weighted by molar-refractivity contribution is 0.0727. The zero-order chi connectivity index (χ0) is 20.1. The first-order chi connectivity index (χ1) is 13.6. The van der Waals surface area contributed by atoms with Crippen molar-refractivity contribution in [3.05, 3.63) is 65.7 Å². The molecule has 1 heterocycles. The molecule has 28 heavy (non-hydrogen) atoms. The molecular weight excluding hydrogens is 359 g/mol. The summed E-state index contributed by atoms with van der Waals surface area (Å²) in [4.78, 5) is 27.5. The number of para-hydroxylation sites is 1. The van der Waals surface area contributed by atoms with Gasteiger partial charge in [0, 0.05) is 18.5 Å². The standard InChI is InChI=1S/C22H23FN2O3/c1-3-13-25(14-4-2)22(27)20-19(16-10-6-8-12-18(16)28-20)24-21(26)15-9-5-7-11-17(15)23/h5-12H,3-4,13-14H2,1-2H3,(H,24,26). The van der Waals surface area contributed by atoms with E-state index in [1.165, 1.54) is 18.2 Å². The van der Waals surface area contributed by atoms with Gasteiger partial charge in [-0.2, -0.15) is 0 Å². The number of carbonyl (C=O) groups excluding carboxylic acids is 2. The summed E-state index contributed by atoms with van der Waals surface area (Å²) >= 11 is 0. The van der Waals surface area contributed by atoms with Crippen LogP contribution in [0.5, 0.6) is 0 Å². The number of hydrogen-bond donors (Lipinski definition) is 1. The zero-order valence-electron chi connectivity index (χ0n) is 16.0. The number of hydrogen-bond acceptors (Lipinski definition) is 3. The number of furan rings is 1.